The third-order valence-corrected chi connectivity index (χ3v) is 5.05. The van der Waals surface area contributed by atoms with E-state index in [2.05, 4.69) is 19.2 Å². The van der Waals surface area contributed by atoms with Crippen molar-refractivity contribution < 1.29 is 14.6 Å². The number of amides is 2. The number of ether oxygens (including phenoxy) is 1. The molecule has 0 aliphatic carbocycles. The van der Waals surface area contributed by atoms with Crippen LogP contribution in [-0.4, -0.2) is 73.4 Å². The van der Waals surface area contributed by atoms with Crippen LogP contribution in [0.1, 0.15) is 32.3 Å². The monoisotopic (exact) mass is 377 g/mol. The second kappa shape index (κ2) is 10.5. The summed E-state index contributed by atoms with van der Waals surface area (Å²) in [5.41, 5.74) is 1.14. The van der Waals surface area contributed by atoms with E-state index in [1.807, 2.05) is 43.3 Å². The van der Waals surface area contributed by atoms with Crippen LogP contribution in [0.5, 0.6) is 5.75 Å². The van der Waals surface area contributed by atoms with Gasteiger partial charge in [0.2, 0.25) is 0 Å². The van der Waals surface area contributed by atoms with E-state index in [0.717, 1.165) is 37.2 Å². The first kappa shape index (κ1) is 21.5. The number of benzene rings is 1. The molecule has 27 heavy (non-hydrogen) atoms. The molecule has 1 aromatic rings. The highest BCUT2D eigenvalue weighted by Gasteiger charge is 2.31. The number of nitrogens with zero attached hydrogens (tertiary/aromatic N) is 2. The Morgan fingerprint density at radius 1 is 1.41 bits per heavy atom. The Morgan fingerprint density at radius 3 is 2.85 bits per heavy atom. The summed E-state index contributed by atoms with van der Waals surface area (Å²) in [5.74, 6) is 1.51. The maximum absolute atomic E-state index is 12.3. The van der Waals surface area contributed by atoms with E-state index in [9.17, 15) is 9.90 Å². The molecule has 0 unspecified atom stereocenters. The fourth-order valence-electron chi connectivity index (χ4n) is 3.33. The molecule has 1 aromatic carbocycles. The van der Waals surface area contributed by atoms with E-state index in [0.29, 0.717) is 25.6 Å². The molecule has 1 fully saturated rings. The standard InChI is InChI=1S/C21H35N3O3/c1-16(2)10-13-27-18-7-5-6-17(14-18)8-11-22-21(26)24-12-9-19(23(3)4)20(25)15-24/h5-7,14,16,19-20,25H,8-13,15H2,1-4H3,(H,22,26)/t19-,20-/m0/s1. The van der Waals surface area contributed by atoms with Gasteiger partial charge in [-0.15, -0.1) is 0 Å². The van der Waals surface area contributed by atoms with Crippen LogP contribution < -0.4 is 10.1 Å². The summed E-state index contributed by atoms with van der Waals surface area (Å²) in [5, 5.41) is 13.2. The minimum Gasteiger partial charge on any atom is -0.494 e. The van der Waals surface area contributed by atoms with Crippen molar-refractivity contribution in [2.75, 3.05) is 40.3 Å². The lowest BCUT2D eigenvalue weighted by Crippen LogP contribution is -2.55. The Kier molecular flexibility index (Phi) is 8.38. The molecule has 1 aliphatic heterocycles. The molecule has 2 rings (SSSR count). The normalized spacial score (nSPS) is 20.2. The summed E-state index contributed by atoms with van der Waals surface area (Å²) in [6.45, 7) is 6.72. The van der Waals surface area contributed by atoms with Crippen LogP contribution in [-0.2, 0) is 6.42 Å². The number of likely N-dealkylation sites (N-methyl/N-ethyl adjacent to an activating group) is 1. The van der Waals surface area contributed by atoms with Crippen LogP contribution in [0, 0.1) is 5.92 Å². The van der Waals surface area contributed by atoms with Crippen molar-refractivity contribution in [3.8, 4) is 5.75 Å². The number of carbonyl (C=O) groups is 1. The number of hydrogen-bond donors (Lipinski definition) is 2. The fourth-order valence-corrected chi connectivity index (χ4v) is 3.33. The van der Waals surface area contributed by atoms with Crippen LogP contribution in [0.25, 0.3) is 0 Å². The SMILES string of the molecule is CC(C)CCOc1cccc(CCNC(=O)N2CC[C@H](N(C)C)[C@@H](O)C2)c1. The van der Waals surface area contributed by atoms with Crippen molar-refractivity contribution in [3.05, 3.63) is 29.8 Å². The van der Waals surface area contributed by atoms with Gasteiger partial charge in [-0.3, -0.25) is 0 Å². The molecule has 2 atom stereocenters. The van der Waals surface area contributed by atoms with Crippen molar-refractivity contribution in [1.82, 2.24) is 15.1 Å². The minimum absolute atomic E-state index is 0.101. The molecule has 1 saturated heterocycles. The lowest BCUT2D eigenvalue weighted by molar-refractivity contribution is 0.0168. The number of rotatable bonds is 8. The van der Waals surface area contributed by atoms with Gasteiger partial charge in [0, 0.05) is 25.7 Å². The van der Waals surface area contributed by atoms with Gasteiger partial charge in [0.1, 0.15) is 5.75 Å². The maximum Gasteiger partial charge on any atom is 0.317 e. The van der Waals surface area contributed by atoms with Crippen molar-refractivity contribution in [2.24, 2.45) is 5.92 Å². The molecule has 0 radical (unpaired) electrons. The predicted molar refractivity (Wildman–Crippen MR) is 108 cm³/mol. The number of nitrogens with one attached hydrogen (secondary N) is 1. The minimum atomic E-state index is -0.501. The van der Waals surface area contributed by atoms with Gasteiger partial charge in [0.15, 0.2) is 0 Å². The lowest BCUT2D eigenvalue weighted by atomic mass is 10.0. The summed E-state index contributed by atoms with van der Waals surface area (Å²) in [4.78, 5) is 16.1. The number of aliphatic hydroxyl groups excluding tert-OH is 1. The number of piperidine rings is 1. The van der Waals surface area contributed by atoms with Gasteiger partial charge in [0.25, 0.3) is 0 Å². The molecule has 6 nitrogen and oxygen atoms in total. The topological polar surface area (TPSA) is 65.0 Å². The van der Waals surface area contributed by atoms with E-state index >= 15 is 0 Å². The molecular weight excluding hydrogens is 342 g/mol. The molecule has 1 heterocycles. The number of β-amino-alcohol motifs (C(OH)–C–C–N with tert-alkyl or cyclic N) is 1. The first-order valence-corrected chi connectivity index (χ1v) is 9.96. The van der Waals surface area contributed by atoms with Gasteiger partial charge in [-0.2, -0.15) is 0 Å². The van der Waals surface area contributed by atoms with E-state index in [1.54, 1.807) is 4.90 Å². The van der Waals surface area contributed by atoms with Gasteiger partial charge >= 0.3 is 6.03 Å². The van der Waals surface area contributed by atoms with Crippen LogP contribution in [0.3, 0.4) is 0 Å². The van der Waals surface area contributed by atoms with E-state index in [-0.39, 0.29) is 12.1 Å². The molecule has 0 aromatic heterocycles. The summed E-state index contributed by atoms with van der Waals surface area (Å²) in [6.07, 6.45) is 2.08. The molecule has 152 valence electrons. The summed E-state index contributed by atoms with van der Waals surface area (Å²) in [6, 6.07) is 8.07. The first-order chi connectivity index (χ1) is 12.9. The zero-order valence-corrected chi connectivity index (χ0v) is 17.1. The number of urea groups is 1. The second-order valence-corrected chi connectivity index (χ2v) is 7.99. The fraction of sp³-hybridized carbons (Fsp3) is 0.667. The number of likely N-dealkylation sites (tertiary alicyclic amines) is 1. The zero-order valence-electron chi connectivity index (χ0n) is 17.1. The zero-order chi connectivity index (χ0) is 19.8. The van der Waals surface area contributed by atoms with E-state index < -0.39 is 6.10 Å². The highest BCUT2D eigenvalue weighted by molar-refractivity contribution is 5.74. The summed E-state index contributed by atoms with van der Waals surface area (Å²) in [7, 11) is 3.93. The quantitative estimate of drug-likeness (QED) is 0.730. The van der Waals surface area contributed by atoms with Gasteiger partial charge < -0.3 is 25.0 Å². The maximum atomic E-state index is 12.3. The predicted octanol–water partition coefficient (Wildman–Crippen LogP) is 2.36. The third kappa shape index (κ3) is 7.03. The Morgan fingerprint density at radius 2 is 2.19 bits per heavy atom. The van der Waals surface area contributed by atoms with Gasteiger partial charge in [0.05, 0.1) is 12.7 Å². The Labute approximate surface area is 163 Å². The molecule has 0 bridgehead atoms. The van der Waals surface area contributed by atoms with Gasteiger partial charge in [-0.25, -0.2) is 4.79 Å². The molecular formula is C21H35N3O3. The van der Waals surface area contributed by atoms with Crippen molar-refractivity contribution in [3.63, 3.8) is 0 Å². The largest absolute Gasteiger partial charge is 0.494 e. The summed E-state index contributed by atoms with van der Waals surface area (Å²) < 4.78 is 5.79. The highest BCUT2D eigenvalue weighted by Crippen LogP contribution is 2.16. The average Bonchev–Trinajstić information content (AvgIpc) is 2.61. The molecule has 2 N–H and O–H groups in total. The Hall–Kier alpha value is -1.79. The van der Waals surface area contributed by atoms with Crippen LogP contribution in [0.15, 0.2) is 24.3 Å². The Balaban J connectivity index is 1.73. The van der Waals surface area contributed by atoms with Crippen molar-refractivity contribution >= 4 is 6.03 Å². The highest BCUT2D eigenvalue weighted by atomic mass is 16.5. The third-order valence-electron chi connectivity index (χ3n) is 5.05. The molecule has 1 aliphatic rings. The number of carbonyl (C=O) groups excluding carboxylic acids is 1. The smallest absolute Gasteiger partial charge is 0.317 e. The molecule has 2 amide bonds. The van der Waals surface area contributed by atoms with Crippen molar-refractivity contribution in [2.45, 2.75) is 45.3 Å². The van der Waals surface area contributed by atoms with Crippen LogP contribution in [0.2, 0.25) is 0 Å². The second-order valence-electron chi connectivity index (χ2n) is 7.99. The van der Waals surface area contributed by atoms with Crippen LogP contribution >= 0.6 is 0 Å². The number of aliphatic hydroxyl groups is 1. The van der Waals surface area contributed by atoms with Gasteiger partial charge in [-0.05, 0) is 57.0 Å². The van der Waals surface area contributed by atoms with E-state index in [1.165, 1.54) is 0 Å². The van der Waals surface area contributed by atoms with E-state index in [4.69, 9.17) is 4.74 Å². The molecule has 6 heteroatoms. The number of hydrogen-bond acceptors (Lipinski definition) is 4. The summed E-state index contributed by atoms with van der Waals surface area (Å²) >= 11 is 0. The lowest BCUT2D eigenvalue weighted by Gasteiger charge is -2.38. The Bertz CT molecular complexity index is 592. The van der Waals surface area contributed by atoms with Gasteiger partial charge in [-0.1, -0.05) is 26.0 Å². The van der Waals surface area contributed by atoms with Crippen LogP contribution in [0.4, 0.5) is 4.79 Å². The molecule has 0 saturated carbocycles. The van der Waals surface area contributed by atoms with Crippen molar-refractivity contribution in [1.29, 1.82) is 0 Å². The average molecular weight is 378 g/mol. The molecule has 0 spiro atoms. The first-order valence-electron chi connectivity index (χ1n) is 9.96.